The quantitative estimate of drug-likeness (QED) is 0.133. The molecule has 0 saturated carbocycles. The number of rotatable bonds is 5. The van der Waals surface area contributed by atoms with Crippen molar-refractivity contribution in [2.75, 3.05) is 0 Å². The normalized spacial score (nSPS) is 17.4. The number of para-hydroxylation sites is 1. The molecule has 5 aromatic rings. The second kappa shape index (κ2) is 11.7. The van der Waals surface area contributed by atoms with Crippen molar-refractivity contribution in [2.24, 2.45) is 10.4 Å². The number of benzene rings is 5. The Balaban J connectivity index is 1.29. The smallest absolute Gasteiger partial charge is 0.136 e. The van der Waals surface area contributed by atoms with Crippen LogP contribution in [-0.2, 0) is 5.41 Å². The predicted octanol–water partition coefficient (Wildman–Crippen LogP) is 12.6. The molecule has 0 bridgehead atoms. The van der Waals surface area contributed by atoms with Crippen LogP contribution in [0.2, 0.25) is 11.1 Å². The molecule has 3 aliphatic carbocycles. The highest BCUT2D eigenvalue weighted by molar-refractivity contribution is 6.43. The summed E-state index contributed by atoms with van der Waals surface area (Å²) in [6, 6.07) is 41.0. The molecule has 0 N–H and O–H groups in total. The van der Waals surface area contributed by atoms with E-state index in [4.69, 9.17) is 4.99 Å². The largest absolute Gasteiger partial charge is 0.253 e. The third kappa shape index (κ3) is 5.02. The van der Waals surface area contributed by atoms with Crippen LogP contribution in [0.1, 0.15) is 86.9 Å². The fraction of sp³-hybridized carbons (Fsp3) is 0.271. The fourth-order valence-electron chi connectivity index (χ4n) is 8.86. The molecule has 0 amide bonds. The standard InChI is InChI=1S/C48H48BN/c1-30-25-34(32(3)50-45-20-14-9-15-31(45)2)27-35(26-30)33-21-23-39-40-24-22-36(49-47(7,8)46(4,5)6)29-44(40)48(43(39)28-33)41-18-12-10-16-37(41)38-17-11-13-19-42(38)48/h9-28,36,49H,29H2,1-8H3/b50-32+. The summed E-state index contributed by atoms with van der Waals surface area (Å²) in [7, 11) is 1.17. The van der Waals surface area contributed by atoms with E-state index in [1.807, 2.05) is 0 Å². The van der Waals surface area contributed by atoms with Crippen LogP contribution in [-0.4, -0.2) is 13.0 Å². The van der Waals surface area contributed by atoms with Crippen molar-refractivity contribution >= 4 is 24.3 Å². The summed E-state index contributed by atoms with van der Waals surface area (Å²) >= 11 is 0. The highest BCUT2D eigenvalue weighted by atomic mass is 14.7. The van der Waals surface area contributed by atoms with Crippen LogP contribution < -0.4 is 0 Å². The van der Waals surface area contributed by atoms with Gasteiger partial charge in [-0.1, -0.05) is 143 Å². The van der Waals surface area contributed by atoms with Crippen molar-refractivity contribution in [2.45, 2.75) is 78.4 Å². The molecule has 1 atom stereocenters. The fourth-order valence-corrected chi connectivity index (χ4v) is 8.86. The maximum Gasteiger partial charge on any atom is 0.136 e. The lowest BCUT2D eigenvalue weighted by Gasteiger charge is -2.42. The van der Waals surface area contributed by atoms with Gasteiger partial charge in [0.25, 0.3) is 0 Å². The molecule has 0 saturated heterocycles. The molecule has 248 valence electrons. The van der Waals surface area contributed by atoms with Crippen LogP contribution >= 0.6 is 0 Å². The lowest BCUT2D eigenvalue weighted by atomic mass is 9.38. The molecular weight excluding hydrogens is 601 g/mol. The van der Waals surface area contributed by atoms with E-state index >= 15 is 0 Å². The topological polar surface area (TPSA) is 12.4 Å². The summed E-state index contributed by atoms with van der Waals surface area (Å²) in [4.78, 5) is 5.07. The molecular formula is C48H48BN. The van der Waals surface area contributed by atoms with Crippen molar-refractivity contribution in [3.63, 3.8) is 0 Å². The first-order valence-corrected chi connectivity index (χ1v) is 18.4. The zero-order valence-electron chi connectivity index (χ0n) is 31.0. The highest BCUT2D eigenvalue weighted by Crippen LogP contribution is 2.65. The summed E-state index contributed by atoms with van der Waals surface area (Å²) in [6.45, 7) is 18.6. The van der Waals surface area contributed by atoms with Crippen molar-refractivity contribution in [1.29, 1.82) is 0 Å². The van der Waals surface area contributed by atoms with Gasteiger partial charge in [-0.05, 0) is 129 Å². The maximum absolute atomic E-state index is 5.07. The summed E-state index contributed by atoms with van der Waals surface area (Å²) in [5.74, 6) is 0.489. The molecule has 1 spiro atoms. The SMILES string of the molecule is C/C(=N\c1ccccc1C)c1cc(C)cc(-c2ccc3c(c2)C2(C4=C3C=CC(BC(C)(C)C(C)(C)C)C4)c3ccccc3-c3ccccc32)c1. The molecule has 0 radical (unpaired) electrons. The summed E-state index contributed by atoms with van der Waals surface area (Å²) < 4.78 is 0. The number of fused-ring (bicyclic) bond motifs is 9. The Morgan fingerprint density at radius 3 is 2.04 bits per heavy atom. The molecule has 2 heteroatoms. The van der Waals surface area contributed by atoms with Gasteiger partial charge in [-0.3, -0.25) is 4.99 Å². The van der Waals surface area contributed by atoms with E-state index in [9.17, 15) is 0 Å². The minimum atomic E-state index is -0.308. The average Bonchev–Trinajstić information content (AvgIpc) is 3.55. The number of hydrogen-bond donors (Lipinski definition) is 0. The summed E-state index contributed by atoms with van der Waals surface area (Å²) in [5, 5.41) is 0.209. The van der Waals surface area contributed by atoms with Gasteiger partial charge in [0, 0.05) is 5.71 Å². The van der Waals surface area contributed by atoms with Crippen molar-refractivity contribution in [3.05, 3.63) is 166 Å². The van der Waals surface area contributed by atoms with Crippen LogP contribution in [0.5, 0.6) is 0 Å². The first-order valence-electron chi connectivity index (χ1n) is 18.4. The van der Waals surface area contributed by atoms with Crippen LogP contribution in [0.25, 0.3) is 27.8 Å². The monoisotopic (exact) mass is 649 g/mol. The number of aryl methyl sites for hydroxylation is 2. The molecule has 0 heterocycles. The molecule has 1 unspecified atom stereocenters. The number of nitrogens with zero attached hydrogens (tertiary/aromatic N) is 1. The van der Waals surface area contributed by atoms with Crippen LogP contribution in [0.15, 0.2) is 132 Å². The summed E-state index contributed by atoms with van der Waals surface area (Å²) in [5.41, 5.74) is 19.5. The van der Waals surface area contributed by atoms with Gasteiger partial charge in [0.15, 0.2) is 0 Å². The predicted molar refractivity (Wildman–Crippen MR) is 216 cm³/mol. The second-order valence-electron chi connectivity index (χ2n) is 16.7. The van der Waals surface area contributed by atoms with E-state index in [2.05, 4.69) is 177 Å². The van der Waals surface area contributed by atoms with Gasteiger partial charge in [0.2, 0.25) is 0 Å². The third-order valence-electron chi connectivity index (χ3n) is 12.5. The van der Waals surface area contributed by atoms with E-state index in [1.165, 1.54) is 74.1 Å². The number of aliphatic imine (C=N–C) groups is 1. The Morgan fingerprint density at radius 1 is 0.700 bits per heavy atom. The van der Waals surface area contributed by atoms with E-state index in [0.29, 0.717) is 5.82 Å². The Labute approximate surface area is 300 Å². The van der Waals surface area contributed by atoms with Gasteiger partial charge >= 0.3 is 0 Å². The Morgan fingerprint density at radius 2 is 1.36 bits per heavy atom. The first kappa shape index (κ1) is 32.5. The molecule has 8 rings (SSSR count). The van der Waals surface area contributed by atoms with Gasteiger partial charge < -0.3 is 0 Å². The zero-order valence-corrected chi connectivity index (χ0v) is 31.0. The zero-order chi connectivity index (χ0) is 35.0. The number of hydrogen-bond acceptors (Lipinski definition) is 1. The van der Waals surface area contributed by atoms with Gasteiger partial charge in [-0.15, -0.1) is 0 Å². The van der Waals surface area contributed by atoms with Crippen molar-refractivity contribution in [1.82, 2.24) is 0 Å². The van der Waals surface area contributed by atoms with E-state index in [1.54, 1.807) is 5.57 Å². The average molecular weight is 650 g/mol. The first-order chi connectivity index (χ1) is 23.9. The summed E-state index contributed by atoms with van der Waals surface area (Å²) in [6.07, 6.45) is 6.08. The molecule has 0 aliphatic heterocycles. The van der Waals surface area contributed by atoms with Gasteiger partial charge in [0.1, 0.15) is 7.28 Å². The molecule has 0 fully saturated rings. The van der Waals surface area contributed by atoms with E-state index < -0.39 is 0 Å². The Bertz CT molecular complexity index is 2220. The lowest BCUT2D eigenvalue weighted by molar-refractivity contribution is 0.296. The van der Waals surface area contributed by atoms with E-state index in [0.717, 1.165) is 17.8 Å². The Hall–Kier alpha value is -4.69. The van der Waals surface area contributed by atoms with Crippen LogP contribution in [0.4, 0.5) is 5.69 Å². The van der Waals surface area contributed by atoms with Gasteiger partial charge in [0.05, 0.1) is 11.1 Å². The Kier molecular flexibility index (Phi) is 7.61. The lowest BCUT2D eigenvalue weighted by Crippen LogP contribution is -2.33. The molecule has 5 aromatic carbocycles. The number of allylic oxidation sites excluding steroid dienone is 4. The minimum absolute atomic E-state index is 0.209. The van der Waals surface area contributed by atoms with Crippen LogP contribution in [0.3, 0.4) is 0 Å². The molecule has 50 heavy (non-hydrogen) atoms. The van der Waals surface area contributed by atoms with Gasteiger partial charge in [-0.2, -0.15) is 0 Å². The molecule has 3 aliphatic rings. The highest BCUT2D eigenvalue weighted by Gasteiger charge is 2.53. The van der Waals surface area contributed by atoms with Gasteiger partial charge in [-0.25, -0.2) is 0 Å². The van der Waals surface area contributed by atoms with Crippen LogP contribution in [0, 0.1) is 19.3 Å². The van der Waals surface area contributed by atoms with Crippen molar-refractivity contribution in [3.8, 4) is 22.3 Å². The molecule has 1 nitrogen and oxygen atoms in total. The third-order valence-corrected chi connectivity index (χ3v) is 12.5. The van der Waals surface area contributed by atoms with E-state index in [-0.39, 0.29) is 16.1 Å². The molecule has 0 aromatic heterocycles. The van der Waals surface area contributed by atoms with Crippen molar-refractivity contribution < 1.29 is 0 Å². The second-order valence-corrected chi connectivity index (χ2v) is 16.7. The maximum atomic E-state index is 5.07. The minimum Gasteiger partial charge on any atom is -0.253 e.